The Balaban J connectivity index is 2.89. The van der Waals surface area contributed by atoms with Crippen molar-refractivity contribution in [1.29, 1.82) is 0 Å². The summed E-state index contributed by atoms with van der Waals surface area (Å²) in [4.78, 5) is 14.6. The Hall–Kier alpha value is -1.47. The molecule has 1 aromatic heterocycles. The fourth-order valence-electron chi connectivity index (χ4n) is 1.26. The van der Waals surface area contributed by atoms with Gasteiger partial charge in [0.2, 0.25) is 10.0 Å². The van der Waals surface area contributed by atoms with Gasteiger partial charge in [-0.25, -0.2) is 8.42 Å². The Morgan fingerprint density at radius 3 is 2.65 bits per heavy atom. The normalized spacial score (nSPS) is 11.6. The fraction of sp³-hybridized carbons (Fsp3) is 0.400. The fourth-order valence-corrected chi connectivity index (χ4v) is 2.26. The number of hydrogen-bond donors (Lipinski definition) is 1. The van der Waals surface area contributed by atoms with Crippen LogP contribution in [0.5, 0.6) is 0 Å². The molecular formula is C10H14N2O4S. The van der Waals surface area contributed by atoms with E-state index in [0.717, 1.165) is 4.31 Å². The summed E-state index contributed by atoms with van der Waals surface area (Å²) in [6, 6.07) is 5.08. The number of pyridine rings is 1. The van der Waals surface area contributed by atoms with Crippen LogP contribution in [-0.4, -0.2) is 41.1 Å². The summed E-state index contributed by atoms with van der Waals surface area (Å²) in [6.07, 6.45) is 1.53. The number of hydrogen-bond acceptors (Lipinski definition) is 4. The molecule has 0 aliphatic heterocycles. The first kappa shape index (κ1) is 13.6. The van der Waals surface area contributed by atoms with Gasteiger partial charge in [0, 0.05) is 6.20 Å². The molecule has 7 heteroatoms. The Kier molecular flexibility index (Phi) is 4.59. The van der Waals surface area contributed by atoms with E-state index >= 15 is 0 Å². The Morgan fingerprint density at radius 2 is 2.18 bits per heavy atom. The summed E-state index contributed by atoms with van der Waals surface area (Å²) in [5.74, 6) is -1.31. The predicted octanol–water partition coefficient (Wildman–Crippen LogP) is 0.318. The molecule has 17 heavy (non-hydrogen) atoms. The molecule has 0 amide bonds. The highest BCUT2D eigenvalue weighted by molar-refractivity contribution is 7.89. The molecule has 1 rings (SSSR count). The average Bonchev–Trinajstić information content (AvgIpc) is 2.29. The van der Waals surface area contributed by atoms with Crippen molar-refractivity contribution in [2.45, 2.75) is 13.5 Å². The zero-order valence-electron chi connectivity index (χ0n) is 9.41. The molecule has 0 saturated carbocycles. The molecule has 0 atom stereocenters. The third kappa shape index (κ3) is 4.12. The van der Waals surface area contributed by atoms with E-state index in [1.54, 1.807) is 18.2 Å². The van der Waals surface area contributed by atoms with Gasteiger partial charge in [-0.3, -0.25) is 9.78 Å². The summed E-state index contributed by atoms with van der Waals surface area (Å²) < 4.78 is 24.3. The molecule has 0 radical (unpaired) electrons. The first-order chi connectivity index (χ1) is 7.95. The van der Waals surface area contributed by atoms with Crippen LogP contribution in [0.1, 0.15) is 12.6 Å². The van der Waals surface area contributed by atoms with Gasteiger partial charge in [0.25, 0.3) is 0 Å². The van der Waals surface area contributed by atoms with Crippen LogP contribution < -0.4 is 0 Å². The van der Waals surface area contributed by atoms with Crippen molar-refractivity contribution in [3.05, 3.63) is 30.1 Å². The smallest absolute Gasteiger partial charge is 0.318 e. The van der Waals surface area contributed by atoms with Gasteiger partial charge in [0.15, 0.2) is 0 Å². The second-order valence-electron chi connectivity index (χ2n) is 3.38. The Labute approximate surface area is 100.0 Å². The van der Waals surface area contributed by atoms with E-state index in [-0.39, 0.29) is 12.3 Å². The van der Waals surface area contributed by atoms with Crippen LogP contribution >= 0.6 is 0 Å². The monoisotopic (exact) mass is 258 g/mol. The standard InChI is InChI=1S/C10H14N2O4S/c1-2-17(15,16)12(8-10(13)14)7-9-5-3-4-6-11-9/h3-6H,2,7-8H2,1H3,(H,13,14). The van der Waals surface area contributed by atoms with Gasteiger partial charge in [-0.15, -0.1) is 0 Å². The molecule has 0 aliphatic rings. The lowest BCUT2D eigenvalue weighted by molar-refractivity contribution is -0.137. The van der Waals surface area contributed by atoms with Crippen LogP contribution in [0.3, 0.4) is 0 Å². The minimum absolute atomic E-state index is 0.0245. The van der Waals surface area contributed by atoms with Crippen molar-refractivity contribution in [2.24, 2.45) is 0 Å². The van der Waals surface area contributed by atoms with E-state index in [0.29, 0.717) is 5.69 Å². The van der Waals surface area contributed by atoms with Gasteiger partial charge in [-0.05, 0) is 19.1 Å². The molecular weight excluding hydrogens is 244 g/mol. The molecule has 1 heterocycles. The lowest BCUT2D eigenvalue weighted by Crippen LogP contribution is -2.36. The maximum absolute atomic E-state index is 11.7. The van der Waals surface area contributed by atoms with Crippen LogP contribution in [-0.2, 0) is 21.4 Å². The highest BCUT2D eigenvalue weighted by Gasteiger charge is 2.23. The lowest BCUT2D eigenvalue weighted by atomic mass is 10.3. The highest BCUT2D eigenvalue weighted by Crippen LogP contribution is 2.07. The number of aromatic nitrogens is 1. The lowest BCUT2D eigenvalue weighted by Gasteiger charge is -2.18. The van der Waals surface area contributed by atoms with E-state index in [1.807, 2.05) is 0 Å². The van der Waals surface area contributed by atoms with Crippen molar-refractivity contribution < 1.29 is 18.3 Å². The van der Waals surface area contributed by atoms with E-state index < -0.39 is 22.5 Å². The SMILES string of the molecule is CCS(=O)(=O)N(CC(=O)O)Cc1ccccn1. The topological polar surface area (TPSA) is 87.6 Å². The first-order valence-corrected chi connectivity index (χ1v) is 6.66. The zero-order valence-corrected chi connectivity index (χ0v) is 10.2. The number of sulfonamides is 1. The quantitative estimate of drug-likeness (QED) is 0.793. The molecule has 0 fully saturated rings. The van der Waals surface area contributed by atoms with Crippen LogP contribution in [0.15, 0.2) is 24.4 Å². The van der Waals surface area contributed by atoms with Gasteiger partial charge in [0.1, 0.15) is 6.54 Å². The summed E-state index contributed by atoms with van der Waals surface area (Å²) in [6.45, 7) is 0.901. The third-order valence-electron chi connectivity index (χ3n) is 2.13. The minimum atomic E-state index is -3.54. The number of carbonyl (C=O) groups is 1. The molecule has 0 aliphatic carbocycles. The average molecular weight is 258 g/mol. The summed E-state index contributed by atoms with van der Waals surface area (Å²) >= 11 is 0. The zero-order chi connectivity index (χ0) is 12.9. The molecule has 0 unspecified atom stereocenters. The number of carboxylic acids is 1. The van der Waals surface area contributed by atoms with Crippen LogP contribution in [0.25, 0.3) is 0 Å². The van der Waals surface area contributed by atoms with Crippen molar-refractivity contribution in [1.82, 2.24) is 9.29 Å². The van der Waals surface area contributed by atoms with Gasteiger partial charge >= 0.3 is 5.97 Å². The van der Waals surface area contributed by atoms with Crippen LogP contribution in [0, 0.1) is 0 Å². The van der Waals surface area contributed by atoms with Crippen molar-refractivity contribution in [3.63, 3.8) is 0 Å². The molecule has 94 valence electrons. The van der Waals surface area contributed by atoms with Crippen molar-refractivity contribution in [2.75, 3.05) is 12.3 Å². The van der Waals surface area contributed by atoms with Crippen molar-refractivity contribution in [3.8, 4) is 0 Å². The third-order valence-corrected chi connectivity index (χ3v) is 3.91. The molecule has 0 bridgehead atoms. The molecule has 1 aromatic rings. The maximum Gasteiger partial charge on any atom is 0.318 e. The highest BCUT2D eigenvalue weighted by atomic mass is 32.2. The number of nitrogens with zero attached hydrogens (tertiary/aromatic N) is 2. The second-order valence-corrected chi connectivity index (χ2v) is 5.64. The largest absolute Gasteiger partial charge is 0.480 e. The molecule has 1 N–H and O–H groups in total. The second kappa shape index (κ2) is 5.74. The molecule has 6 nitrogen and oxygen atoms in total. The van der Waals surface area contributed by atoms with Crippen LogP contribution in [0.2, 0.25) is 0 Å². The summed E-state index contributed by atoms with van der Waals surface area (Å²) in [7, 11) is -3.54. The van der Waals surface area contributed by atoms with Crippen molar-refractivity contribution >= 4 is 16.0 Å². The molecule has 0 aromatic carbocycles. The predicted molar refractivity (Wildman–Crippen MR) is 61.7 cm³/mol. The van der Waals surface area contributed by atoms with Gasteiger partial charge in [0.05, 0.1) is 18.0 Å². The van der Waals surface area contributed by atoms with E-state index in [2.05, 4.69) is 4.98 Å². The molecule has 0 spiro atoms. The summed E-state index contributed by atoms with van der Waals surface area (Å²) in [5, 5.41) is 8.69. The number of carboxylic acid groups (broad SMARTS) is 1. The van der Waals surface area contributed by atoms with Crippen LogP contribution in [0.4, 0.5) is 0 Å². The Bertz CT molecular complexity index is 472. The van der Waals surface area contributed by atoms with E-state index in [4.69, 9.17) is 5.11 Å². The Morgan fingerprint density at radius 1 is 1.47 bits per heavy atom. The number of rotatable bonds is 6. The van der Waals surface area contributed by atoms with E-state index in [1.165, 1.54) is 13.1 Å². The summed E-state index contributed by atoms with van der Waals surface area (Å²) in [5.41, 5.74) is 0.519. The minimum Gasteiger partial charge on any atom is -0.480 e. The first-order valence-electron chi connectivity index (χ1n) is 5.05. The molecule has 0 saturated heterocycles. The maximum atomic E-state index is 11.7. The van der Waals surface area contributed by atoms with Gasteiger partial charge < -0.3 is 5.11 Å². The van der Waals surface area contributed by atoms with Gasteiger partial charge in [-0.2, -0.15) is 4.31 Å². The van der Waals surface area contributed by atoms with Gasteiger partial charge in [-0.1, -0.05) is 6.07 Å². The van der Waals surface area contributed by atoms with E-state index in [9.17, 15) is 13.2 Å². The number of aliphatic carboxylic acids is 1.